The Morgan fingerprint density at radius 2 is 1.63 bits per heavy atom. The van der Waals surface area contributed by atoms with E-state index in [9.17, 15) is 18.0 Å². The van der Waals surface area contributed by atoms with Gasteiger partial charge in [-0.05, 0) is 54.7 Å². The number of anilines is 1. The molecule has 0 aliphatic carbocycles. The minimum absolute atomic E-state index is 0.517. The molecule has 8 heteroatoms. The molecule has 0 saturated carbocycles. The maximum Gasteiger partial charge on any atom is 0.416 e. The Balaban J connectivity index is 1.44. The van der Waals surface area contributed by atoms with Crippen molar-refractivity contribution in [3.05, 3.63) is 95.2 Å². The Morgan fingerprint density at radius 1 is 1.00 bits per heavy atom. The summed E-state index contributed by atoms with van der Waals surface area (Å²) in [5, 5.41) is 12.8. The average Bonchev–Trinajstić information content (AvgIpc) is 3.29. The van der Waals surface area contributed by atoms with Crippen LogP contribution in [-0.4, -0.2) is 29.8 Å². The van der Waals surface area contributed by atoms with Gasteiger partial charge >= 0.3 is 12.1 Å². The Kier molecular flexibility index (Phi) is 7.87. The maximum absolute atomic E-state index is 13.0. The fraction of sp³-hybridized carbons (Fsp3) is 0.200. The number of aliphatic carboxylic acids is 1. The highest BCUT2D eigenvalue weighted by atomic mass is 19.4. The number of alkyl halides is 3. The topological polar surface area (TPSA) is 66.6 Å². The first kappa shape index (κ1) is 26.6. The first-order chi connectivity index (χ1) is 18.1. The van der Waals surface area contributed by atoms with E-state index in [-0.39, 0.29) is 0 Å². The zero-order valence-corrected chi connectivity index (χ0v) is 20.8. The quantitative estimate of drug-likeness (QED) is 0.271. The van der Waals surface area contributed by atoms with Crippen LogP contribution in [0.1, 0.15) is 28.8 Å². The average molecular weight is 519 g/mol. The van der Waals surface area contributed by atoms with E-state index in [4.69, 9.17) is 9.63 Å². The summed E-state index contributed by atoms with van der Waals surface area (Å²) in [4.78, 5) is 12.6. The molecule has 0 bridgehead atoms. The molecule has 5 nitrogen and oxygen atoms in total. The molecule has 4 aromatic rings. The molecule has 0 atom stereocenters. The monoisotopic (exact) mass is 518 g/mol. The van der Waals surface area contributed by atoms with Gasteiger partial charge in [0, 0.05) is 30.6 Å². The van der Waals surface area contributed by atoms with Crippen molar-refractivity contribution in [3.8, 4) is 34.3 Å². The third kappa shape index (κ3) is 6.43. The Morgan fingerprint density at radius 3 is 2.26 bits per heavy atom. The maximum atomic E-state index is 13.0. The normalized spacial score (nSPS) is 11.1. The molecule has 1 aromatic heterocycles. The van der Waals surface area contributed by atoms with Crippen molar-refractivity contribution in [1.29, 1.82) is 0 Å². The van der Waals surface area contributed by atoms with Gasteiger partial charge < -0.3 is 14.5 Å². The van der Waals surface area contributed by atoms with Gasteiger partial charge in [-0.15, -0.1) is 0 Å². The summed E-state index contributed by atoms with van der Waals surface area (Å²) < 4.78 is 44.6. The van der Waals surface area contributed by atoms with Crippen molar-refractivity contribution in [2.75, 3.05) is 18.5 Å². The van der Waals surface area contributed by atoms with Gasteiger partial charge in [-0.1, -0.05) is 65.7 Å². The molecular formula is C30H25F3N2O3. The summed E-state index contributed by atoms with van der Waals surface area (Å²) in [5.41, 5.74) is 4.96. The summed E-state index contributed by atoms with van der Waals surface area (Å²) in [6, 6.07) is 20.5. The fourth-order valence-electron chi connectivity index (χ4n) is 4.22. The van der Waals surface area contributed by atoms with Crippen LogP contribution >= 0.6 is 0 Å². The molecule has 0 radical (unpaired) electrons. The number of hydrogen-bond donors (Lipinski definition) is 1. The lowest BCUT2D eigenvalue weighted by molar-refractivity contribution is -0.137. The number of carboxylic acid groups (broad SMARTS) is 1. The van der Waals surface area contributed by atoms with Gasteiger partial charge in [-0.3, -0.25) is 0 Å². The van der Waals surface area contributed by atoms with E-state index >= 15 is 0 Å². The van der Waals surface area contributed by atoms with Crippen LogP contribution in [0.2, 0.25) is 0 Å². The third-order valence-electron chi connectivity index (χ3n) is 6.11. The highest BCUT2D eigenvalue weighted by Gasteiger charge is 2.30. The van der Waals surface area contributed by atoms with E-state index in [0.29, 0.717) is 36.3 Å². The molecule has 1 N–H and O–H groups in total. The lowest BCUT2D eigenvalue weighted by Gasteiger charge is -2.19. The van der Waals surface area contributed by atoms with Gasteiger partial charge in [0.2, 0.25) is 0 Å². The van der Waals surface area contributed by atoms with Crippen LogP contribution in [0.25, 0.3) is 22.5 Å². The Hall–Kier alpha value is -4.51. The third-order valence-corrected chi connectivity index (χ3v) is 6.11. The van der Waals surface area contributed by atoms with E-state index < -0.39 is 17.7 Å². The molecule has 0 aliphatic rings. The lowest BCUT2D eigenvalue weighted by Crippen LogP contribution is -2.20. The molecule has 3 aromatic carbocycles. The number of benzene rings is 3. The molecule has 194 valence electrons. The lowest BCUT2D eigenvalue weighted by atomic mass is 10.0. The van der Waals surface area contributed by atoms with Gasteiger partial charge in [-0.2, -0.15) is 13.2 Å². The van der Waals surface area contributed by atoms with E-state index in [0.717, 1.165) is 34.1 Å². The highest BCUT2D eigenvalue weighted by Crippen LogP contribution is 2.35. The number of carbonyl (C=O) groups is 1. The van der Waals surface area contributed by atoms with Crippen molar-refractivity contribution < 1.29 is 27.6 Å². The summed E-state index contributed by atoms with van der Waals surface area (Å²) >= 11 is 0. The van der Waals surface area contributed by atoms with E-state index in [2.05, 4.69) is 17.0 Å². The van der Waals surface area contributed by atoms with Crippen LogP contribution in [0, 0.1) is 18.8 Å². The van der Waals surface area contributed by atoms with Gasteiger partial charge in [0.05, 0.1) is 5.56 Å². The molecule has 4 rings (SSSR count). The molecular weight excluding hydrogens is 493 g/mol. The molecule has 0 aliphatic heterocycles. The number of hydrogen-bond acceptors (Lipinski definition) is 4. The van der Waals surface area contributed by atoms with Crippen molar-refractivity contribution in [1.82, 2.24) is 5.16 Å². The second-order valence-corrected chi connectivity index (χ2v) is 8.88. The minimum Gasteiger partial charge on any atom is -0.472 e. The molecule has 38 heavy (non-hydrogen) atoms. The first-order valence-electron chi connectivity index (χ1n) is 11.9. The summed E-state index contributed by atoms with van der Waals surface area (Å²) in [5.74, 6) is 4.13. The van der Waals surface area contributed by atoms with Crippen molar-refractivity contribution in [2.45, 2.75) is 25.9 Å². The van der Waals surface area contributed by atoms with Crippen LogP contribution in [0.5, 0.6) is 0 Å². The summed E-state index contributed by atoms with van der Waals surface area (Å²) in [6.07, 6.45) is -3.17. The summed E-state index contributed by atoms with van der Waals surface area (Å²) in [7, 11) is 1.92. The van der Waals surface area contributed by atoms with Crippen LogP contribution < -0.4 is 4.90 Å². The zero-order chi connectivity index (χ0) is 27.3. The predicted molar refractivity (Wildman–Crippen MR) is 140 cm³/mol. The number of rotatable bonds is 7. The van der Waals surface area contributed by atoms with Gasteiger partial charge in [0.1, 0.15) is 11.4 Å². The van der Waals surface area contributed by atoms with E-state index in [1.165, 1.54) is 12.1 Å². The van der Waals surface area contributed by atoms with Crippen molar-refractivity contribution in [3.63, 3.8) is 0 Å². The molecule has 1 heterocycles. The fourth-order valence-corrected chi connectivity index (χ4v) is 4.22. The van der Waals surface area contributed by atoms with Gasteiger partial charge in [-0.25, -0.2) is 4.79 Å². The smallest absolute Gasteiger partial charge is 0.416 e. The van der Waals surface area contributed by atoms with E-state index in [1.54, 1.807) is 18.2 Å². The number of nitrogens with zero attached hydrogens (tertiary/aromatic N) is 2. The van der Waals surface area contributed by atoms with Crippen LogP contribution in [0.3, 0.4) is 0 Å². The summed E-state index contributed by atoms with van der Waals surface area (Å²) in [6.45, 7) is 2.47. The number of carboxylic acids is 1. The number of aromatic nitrogens is 1. The SMILES string of the molecule is Cc1noc(-c2ccc(-c3ccc(C#CC(=O)O)cc3)cc2)c1N(C)CCCc1cccc(C(F)(F)F)c1. The number of aryl methyl sites for hydroxylation is 2. The molecule has 0 fully saturated rings. The Bertz CT molecular complexity index is 1480. The highest BCUT2D eigenvalue weighted by molar-refractivity contribution is 5.87. The molecule has 0 amide bonds. The second-order valence-electron chi connectivity index (χ2n) is 8.88. The van der Waals surface area contributed by atoms with Crippen molar-refractivity contribution >= 4 is 11.7 Å². The second kappa shape index (κ2) is 11.3. The largest absolute Gasteiger partial charge is 0.472 e. The first-order valence-corrected chi connectivity index (χ1v) is 11.9. The predicted octanol–water partition coefficient (Wildman–Crippen LogP) is 6.84. The minimum atomic E-state index is -4.35. The van der Waals surface area contributed by atoms with Crippen molar-refractivity contribution in [2.24, 2.45) is 0 Å². The molecule has 0 saturated heterocycles. The van der Waals surface area contributed by atoms with Crippen LogP contribution in [0.4, 0.5) is 18.9 Å². The van der Waals surface area contributed by atoms with Crippen LogP contribution in [-0.2, 0) is 17.4 Å². The van der Waals surface area contributed by atoms with E-state index in [1.807, 2.05) is 55.3 Å². The zero-order valence-electron chi connectivity index (χ0n) is 20.8. The standard InChI is InChI=1S/C30H25F3N2O3/c1-20-28(35(2)18-4-6-22-5-3-7-26(19-22)30(31,32)33)29(38-34-20)25-15-13-24(14-16-25)23-11-8-21(9-12-23)10-17-27(36)37/h3,5,7-9,11-16,19H,4,6,18H2,1-2H3,(H,36,37). The van der Waals surface area contributed by atoms with Crippen LogP contribution in [0.15, 0.2) is 77.3 Å². The number of halogens is 3. The van der Waals surface area contributed by atoms with Gasteiger partial charge in [0.25, 0.3) is 0 Å². The molecule has 0 spiro atoms. The molecule has 0 unspecified atom stereocenters. The van der Waals surface area contributed by atoms with Gasteiger partial charge in [0.15, 0.2) is 5.76 Å². The Labute approximate surface area is 218 Å².